The number of halogens is 1. The summed E-state index contributed by atoms with van der Waals surface area (Å²) in [5, 5.41) is 1.94. The molecule has 1 aromatic rings. The van der Waals surface area contributed by atoms with Crippen molar-refractivity contribution in [2.75, 3.05) is 12.4 Å². The highest BCUT2D eigenvalue weighted by Gasteiger charge is 2.19. The van der Waals surface area contributed by atoms with Crippen molar-refractivity contribution in [3.05, 3.63) is 33.0 Å². The number of carbonyl (C=O) groups excluding carboxylic acids is 1. The zero-order chi connectivity index (χ0) is 10.8. The minimum Gasteiger partial charge on any atom is -0.357 e. The SMILES string of the molecule is Br.CC1=C(C)N(CC(=O)c2cccs2)CS1. The monoisotopic (exact) mass is 319 g/mol. The van der Waals surface area contributed by atoms with Crippen LogP contribution in [0.5, 0.6) is 0 Å². The molecule has 0 radical (unpaired) electrons. The van der Waals surface area contributed by atoms with Crippen molar-refractivity contribution in [3.63, 3.8) is 0 Å². The van der Waals surface area contributed by atoms with Crippen LogP contribution in [0.15, 0.2) is 28.1 Å². The molecule has 0 fully saturated rings. The van der Waals surface area contributed by atoms with Crippen molar-refractivity contribution in [2.24, 2.45) is 0 Å². The van der Waals surface area contributed by atoms with Crippen LogP contribution in [0.3, 0.4) is 0 Å². The molecule has 0 spiro atoms. The summed E-state index contributed by atoms with van der Waals surface area (Å²) in [4.78, 5) is 16.2. The van der Waals surface area contributed by atoms with Crippen LogP contribution in [0.25, 0.3) is 0 Å². The van der Waals surface area contributed by atoms with Gasteiger partial charge in [0.2, 0.25) is 0 Å². The summed E-state index contributed by atoms with van der Waals surface area (Å²) in [5.41, 5.74) is 1.24. The first-order valence-electron chi connectivity index (χ1n) is 4.80. The van der Waals surface area contributed by atoms with Crippen molar-refractivity contribution in [2.45, 2.75) is 13.8 Å². The smallest absolute Gasteiger partial charge is 0.191 e. The minimum absolute atomic E-state index is 0. The van der Waals surface area contributed by atoms with Crippen LogP contribution in [0.4, 0.5) is 0 Å². The van der Waals surface area contributed by atoms with Gasteiger partial charge in [-0.2, -0.15) is 0 Å². The van der Waals surface area contributed by atoms with Gasteiger partial charge in [0.25, 0.3) is 0 Å². The fourth-order valence-corrected chi connectivity index (χ4v) is 3.08. The van der Waals surface area contributed by atoms with Gasteiger partial charge in [-0.3, -0.25) is 4.79 Å². The molecule has 2 rings (SSSR count). The maximum atomic E-state index is 11.9. The molecule has 0 bridgehead atoms. The zero-order valence-electron chi connectivity index (χ0n) is 9.23. The predicted octanol–water partition coefficient (Wildman–Crippen LogP) is 3.77. The lowest BCUT2D eigenvalue weighted by molar-refractivity contribution is 0.0962. The van der Waals surface area contributed by atoms with Gasteiger partial charge in [0.05, 0.1) is 17.3 Å². The number of Topliss-reactive ketones (excluding diaryl/α,β-unsaturated/α-hetero) is 1. The highest BCUT2D eigenvalue weighted by molar-refractivity contribution is 8.93. The number of allylic oxidation sites excluding steroid dienone is 2. The fraction of sp³-hybridized carbons (Fsp3) is 0.364. The second-order valence-electron chi connectivity index (χ2n) is 3.51. The van der Waals surface area contributed by atoms with Crippen LogP contribution >= 0.6 is 40.1 Å². The molecular formula is C11H14BrNOS2. The van der Waals surface area contributed by atoms with E-state index in [1.54, 1.807) is 0 Å². The fourth-order valence-electron chi connectivity index (χ4n) is 1.45. The molecule has 0 atom stereocenters. The Morgan fingerprint density at radius 2 is 2.25 bits per heavy atom. The largest absolute Gasteiger partial charge is 0.357 e. The van der Waals surface area contributed by atoms with E-state index in [4.69, 9.17) is 0 Å². The van der Waals surface area contributed by atoms with E-state index >= 15 is 0 Å². The number of carbonyl (C=O) groups is 1. The van der Waals surface area contributed by atoms with Crippen LogP contribution in [-0.4, -0.2) is 23.1 Å². The van der Waals surface area contributed by atoms with Crippen molar-refractivity contribution >= 4 is 45.9 Å². The molecule has 0 amide bonds. The maximum absolute atomic E-state index is 11.9. The summed E-state index contributed by atoms with van der Waals surface area (Å²) in [6, 6.07) is 3.81. The third-order valence-corrected chi connectivity index (χ3v) is 4.63. The summed E-state index contributed by atoms with van der Waals surface area (Å²) >= 11 is 3.33. The number of thiophene rings is 1. The van der Waals surface area contributed by atoms with Gasteiger partial charge in [-0.1, -0.05) is 6.07 Å². The van der Waals surface area contributed by atoms with Gasteiger partial charge in [0.15, 0.2) is 5.78 Å². The Hall–Kier alpha value is -0.260. The predicted molar refractivity (Wildman–Crippen MR) is 76.5 cm³/mol. The molecule has 5 heteroatoms. The van der Waals surface area contributed by atoms with Gasteiger partial charge in [-0.05, 0) is 25.3 Å². The second-order valence-corrected chi connectivity index (χ2v) is 5.62. The van der Waals surface area contributed by atoms with E-state index in [0.717, 1.165) is 10.8 Å². The molecule has 0 N–H and O–H groups in total. The molecule has 2 nitrogen and oxygen atoms in total. The molecule has 1 aliphatic rings. The van der Waals surface area contributed by atoms with E-state index in [1.165, 1.54) is 21.9 Å². The van der Waals surface area contributed by atoms with E-state index in [1.807, 2.05) is 29.3 Å². The van der Waals surface area contributed by atoms with E-state index in [0.29, 0.717) is 6.54 Å². The topological polar surface area (TPSA) is 20.3 Å². The van der Waals surface area contributed by atoms with Crippen LogP contribution in [-0.2, 0) is 0 Å². The lowest BCUT2D eigenvalue weighted by atomic mass is 10.3. The van der Waals surface area contributed by atoms with Gasteiger partial charge in [0.1, 0.15) is 0 Å². The molecule has 1 aromatic heterocycles. The van der Waals surface area contributed by atoms with Crippen LogP contribution in [0.2, 0.25) is 0 Å². The Balaban J connectivity index is 0.00000128. The number of hydrogen-bond acceptors (Lipinski definition) is 4. The second kappa shape index (κ2) is 5.89. The Kier molecular flexibility index (Phi) is 5.08. The first kappa shape index (κ1) is 13.8. The van der Waals surface area contributed by atoms with Crippen LogP contribution < -0.4 is 0 Å². The number of nitrogens with zero attached hydrogens (tertiary/aromatic N) is 1. The molecule has 2 heterocycles. The van der Waals surface area contributed by atoms with E-state index < -0.39 is 0 Å². The highest BCUT2D eigenvalue weighted by Crippen LogP contribution is 2.30. The Labute approximate surface area is 114 Å². The van der Waals surface area contributed by atoms with Crippen molar-refractivity contribution in [1.29, 1.82) is 0 Å². The summed E-state index contributed by atoms with van der Waals surface area (Å²) in [6.07, 6.45) is 0. The normalized spacial score (nSPS) is 15.2. The van der Waals surface area contributed by atoms with Gasteiger partial charge in [-0.15, -0.1) is 40.1 Å². The van der Waals surface area contributed by atoms with Gasteiger partial charge < -0.3 is 4.90 Å². The third kappa shape index (κ3) is 2.90. The quantitative estimate of drug-likeness (QED) is 0.791. The van der Waals surface area contributed by atoms with Gasteiger partial charge in [-0.25, -0.2) is 0 Å². The molecule has 1 aliphatic heterocycles. The summed E-state index contributed by atoms with van der Waals surface area (Å²) in [5.74, 6) is 1.13. The highest BCUT2D eigenvalue weighted by atomic mass is 79.9. The average Bonchev–Trinajstić information content (AvgIpc) is 2.83. The first-order chi connectivity index (χ1) is 7.18. The lowest BCUT2D eigenvalue weighted by Crippen LogP contribution is -2.25. The molecule has 88 valence electrons. The van der Waals surface area contributed by atoms with Gasteiger partial charge in [0, 0.05) is 10.6 Å². The summed E-state index contributed by atoms with van der Waals surface area (Å²) in [7, 11) is 0. The Bertz CT molecular complexity index is 400. The Morgan fingerprint density at radius 1 is 1.50 bits per heavy atom. The van der Waals surface area contributed by atoms with Crippen molar-refractivity contribution in [1.82, 2.24) is 4.90 Å². The standard InChI is InChI=1S/C11H13NOS2.BrH/c1-8-9(2)15-7-12(8)6-10(13)11-4-3-5-14-11;/h3-5H,6-7H2,1-2H3;1H. The number of hydrogen-bond donors (Lipinski definition) is 0. The number of rotatable bonds is 3. The third-order valence-electron chi connectivity index (χ3n) is 2.55. The molecular weight excluding hydrogens is 306 g/mol. The molecule has 0 unspecified atom stereocenters. The molecule has 0 saturated heterocycles. The van der Waals surface area contributed by atoms with Crippen molar-refractivity contribution < 1.29 is 4.79 Å². The molecule has 0 saturated carbocycles. The molecule has 0 aromatic carbocycles. The Morgan fingerprint density at radius 3 is 2.75 bits per heavy atom. The summed E-state index contributed by atoms with van der Waals surface area (Å²) < 4.78 is 0. The van der Waals surface area contributed by atoms with Gasteiger partial charge >= 0.3 is 0 Å². The van der Waals surface area contributed by atoms with Crippen LogP contribution in [0.1, 0.15) is 23.5 Å². The molecule has 16 heavy (non-hydrogen) atoms. The number of ketones is 1. The van der Waals surface area contributed by atoms with Crippen molar-refractivity contribution in [3.8, 4) is 0 Å². The number of thioether (sulfide) groups is 1. The lowest BCUT2D eigenvalue weighted by Gasteiger charge is -2.17. The summed E-state index contributed by atoms with van der Waals surface area (Å²) in [6.45, 7) is 4.70. The molecule has 0 aliphatic carbocycles. The average molecular weight is 320 g/mol. The zero-order valence-corrected chi connectivity index (χ0v) is 12.6. The van der Waals surface area contributed by atoms with E-state index in [2.05, 4.69) is 18.7 Å². The maximum Gasteiger partial charge on any atom is 0.191 e. The van der Waals surface area contributed by atoms with Crippen LogP contribution in [0, 0.1) is 0 Å². The van der Waals surface area contributed by atoms with E-state index in [-0.39, 0.29) is 22.8 Å². The minimum atomic E-state index is 0. The first-order valence-corrected chi connectivity index (χ1v) is 6.67. The van der Waals surface area contributed by atoms with E-state index in [9.17, 15) is 4.79 Å².